The molecule has 0 atom stereocenters. The molecule has 2 aromatic rings. The number of hydrogen-bond acceptors (Lipinski definition) is 5. The molecule has 1 aliphatic rings. The van der Waals surface area contributed by atoms with Gasteiger partial charge in [0.2, 0.25) is 5.89 Å². The number of amides is 1. The van der Waals surface area contributed by atoms with Gasteiger partial charge in [-0.25, -0.2) is 4.39 Å². The van der Waals surface area contributed by atoms with Gasteiger partial charge in [-0.1, -0.05) is 18.1 Å². The monoisotopic (exact) mass is 304 g/mol. The van der Waals surface area contributed by atoms with Crippen LogP contribution in [0.4, 0.5) is 10.4 Å². The van der Waals surface area contributed by atoms with Crippen molar-refractivity contribution in [3.8, 4) is 0 Å². The number of halogens is 1. The van der Waals surface area contributed by atoms with Gasteiger partial charge >= 0.3 is 6.01 Å². The maximum atomic E-state index is 13.2. The highest BCUT2D eigenvalue weighted by Gasteiger charge is 2.25. The van der Waals surface area contributed by atoms with Crippen molar-refractivity contribution in [2.24, 2.45) is 0 Å². The van der Waals surface area contributed by atoms with Crippen molar-refractivity contribution in [1.29, 1.82) is 0 Å². The second-order valence-electron chi connectivity index (χ2n) is 5.12. The number of rotatable bonds is 3. The summed E-state index contributed by atoms with van der Waals surface area (Å²) in [5.74, 6) is 0.0506. The van der Waals surface area contributed by atoms with Crippen molar-refractivity contribution in [2.75, 3.05) is 31.1 Å². The second-order valence-corrected chi connectivity index (χ2v) is 5.12. The number of carbonyl (C=O) groups is 1. The smallest absolute Gasteiger partial charge is 0.318 e. The third-order valence-electron chi connectivity index (χ3n) is 3.67. The zero-order valence-electron chi connectivity index (χ0n) is 12.3. The first-order valence-electron chi connectivity index (χ1n) is 7.29. The topological polar surface area (TPSA) is 62.5 Å². The molecule has 1 aliphatic heterocycles. The summed E-state index contributed by atoms with van der Waals surface area (Å²) < 4.78 is 18.7. The van der Waals surface area contributed by atoms with Crippen LogP contribution in [0.5, 0.6) is 0 Å². The van der Waals surface area contributed by atoms with Crippen LogP contribution < -0.4 is 4.90 Å². The molecule has 6 nitrogen and oxygen atoms in total. The number of carbonyl (C=O) groups excluding carboxylic acids is 1. The van der Waals surface area contributed by atoms with E-state index in [-0.39, 0.29) is 5.91 Å². The van der Waals surface area contributed by atoms with E-state index in [1.165, 1.54) is 12.1 Å². The Kier molecular flexibility index (Phi) is 4.04. The van der Waals surface area contributed by atoms with Crippen LogP contribution in [0, 0.1) is 5.82 Å². The molecule has 0 bridgehead atoms. The Bertz CT molecular complexity index is 665. The Morgan fingerprint density at radius 2 is 2.05 bits per heavy atom. The maximum Gasteiger partial charge on any atom is 0.318 e. The molecule has 7 heteroatoms. The molecule has 1 fully saturated rings. The number of benzene rings is 1. The van der Waals surface area contributed by atoms with Gasteiger partial charge in [-0.3, -0.25) is 4.79 Å². The van der Waals surface area contributed by atoms with Crippen LogP contribution in [0.1, 0.15) is 23.2 Å². The van der Waals surface area contributed by atoms with Crippen LogP contribution in [0.3, 0.4) is 0 Å². The van der Waals surface area contributed by atoms with E-state index in [1.54, 1.807) is 17.0 Å². The average molecular weight is 304 g/mol. The fourth-order valence-corrected chi connectivity index (χ4v) is 2.42. The summed E-state index contributed by atoms with van der Waals surface area (Å²) in [4.78, 5) is 16.0. The Balaban J connectivity index is 1.62. The molecule has 3 rings (SSSR count). The summed E-state index contributed by atoms with van der Waals surface area (Å²) >= 11 is 0. The number of aryl methyl sites for hydroxylation is 1. The van der Waals surface area contributed by atoms with Gasteiger partial charge in [-0.15, -0.1) is 5.10 Å². The second kappa shape index (κ2) is 6.13. The number of piperazine rings is 1. The first-order valence-corrected chi connectivity index (χ1v) is 7.29. The lowest BCUT2D eigenvalue weighted by atomic mass is 10.2. The number of anilines is 1. The molecular formula is C15H17FN4O2. The van der Waals surface area contributed by atoms with Crippen LogP contribution >= 0.6 is 0 Å². The molecule has 1 amide bonds. The molecule has 2 heterocycles. The molecule has 116 valence electrons. The highest BCUT2D eigenvalue weighted by atomic mass is 19.1. The lowest BCUT2D eigenvalue weighted by Gasteiger charge is -2.33. The van der Waals surface area contributed by atoms with Gasteiger partial charge in [0.1, 0.15) is 5.82 Å². The molecule has 1 aromatic carbocycles. The molecule has 0 spiro atoms. The van der Waals surface area contributed by atoms with E-state index in [2.05, 4.69) is 10.2 Å². The van der Waals surface area contributed by atoms with Crippen LogP contribution in [-0.2, 0) is 6.42 Å². The lowest BCUT2D eigenvalue weighted by Crippen LogP contribution is -2.49. The number of aromatic nitrogens is 2. The molecule has 0 radical (unpaired) electrons. The van der Waals surface area contributed by atoms with E-state index >= 15 is 0 Å². The van der Waals surface area contributed by atoms with Crippen molar-refractivity contribution in [1.82, 2.24) is 15.1 Å². The molecule has 1 saturated heterocycles. The lowest BCUT2D eigenvalue weighted by molar-refractivity contribution is 0.0744. The first kappa shape index (κ1) is 14.5. The Morgan fingerprint density at radius 3 is 2.68 bits per heavy atom. The number of nitrogens with zero attached hydrogens (tertiary/aromatic N) is 4. The normalized spacial score (nSPS) is 15.2. The number of hydrogen-bond donors (Lipinski definition) is 0. The van der Waals surface area contributed by atoms with Gasteiger partial charge < -0.3 is 14.2 Å². The fourth-order valence-electron chi connectivity index (χ4n) is 2.42. The standard InChI is InChI=1S/C15H17FN4O2/c1-2-13-17-18-15(22-13)20-8-6-19(7-9-20)14(21)11-4-3-5-12(16)10-11/h3-5,10H,2,6-9H2,1H3. The Morgan fingerprint density at radius 1 is 1.27 bits per heavy atom. The van der Waals surface area contributed by atoms with Crippen LogP contribution in [0.2, 0.25) is 0 Å². The van der Waals surface area contributed by atoms with Crippen molar-refractivity contribution >= 4 is 11.9 Å². The molecular weight excluding hydrogens is 287 g/mol. The van der Waals surface area contributed by atoms with Gasteiger partial charge in [0.25, 0.3) is 5.91 Å². The first-order chi connectivity index (χ1) is 10.7. The zero-order valence-corrected chi connectivity index (χ0v) is 12.3. The van der Waals surface area contributed by atoms with Crippen LogP contribution in [0.15, 0.2) is 28.7 Å². The van der Waals surface area contributed by atoms with E-state index in [9.17, 15) is 9.18 Å². The largest absolute Gasteiger partial charge is 0.408 e. The predicted molar refractivity (Wildman–Crippen MR) is 78.2 cm³/mol. The highest BCUT2D eigenvalue weighted by molar-refractivity contribution is 5.94. The van der Waals surface area contributed by atoms with Gasteiger partial charge in [-0.05, 0) is 18.2 Å². The molecule has 0 N–H and O–H groups in total. The minimum atomic E-state index is -0.401. The SMILES string of the molecule is CCc1nnc(N2CCN(C(=O)c3cccc(F)c3)CC2)o1. The molecule has 0 saturated carbocycles. The molecule has 22 heavy (non-hydrogen) atoms. The quantitative estimate of drug-likeness (QED) is 0.864. The Hall–Kier alpha value is -2.44. The fraction of sp³-hybridized carbons (Fsp3) is 0.400. The summed E-state index contributed by atoms with van der Waals surface area (Å²) in [7, 11) is 0. The van der Waals surface area contributed by atoms with Crippen molar-refractivity contribution in [2.45, 2.75) is 13.3 Å². The van der Waals surface area contributed by atoms with Gasteiger partial charge in [0.05, 0.1) is 0 Å². The molecule has 0 aliphatic carbocycles. The van der Waals surface area contributed by atoms with Crippen molar-refractivity contribution in [3.05, 3.63) is 41.5 Å². The van der Waals surface area contributed by atoms with Crippen LogP contribution in [-0.4, -0.2) is 47.2 Å². The summed E-state index contributed by atoms with van der Waals surface area (Å²) in [6.07, 6.45) is 0.699. The van der Waals surface area contributed by atoms with Crippen molar-refractivity contribution < 1.29 is 13.6 Å². The van der Waals surface area contributed by atoms with Crippen molar-refractivity contribution in [3.63, 3.8) is 0 Å². The molecule has 1 aromatic heterocycles. The maximum absolute atomic E-state index is 13.2. The minimum absolute atomic E-state index is 0.154. The molecule has 0 unspecified atom stereocenters. The third kappa shape index (κ3) is 2.93. The van der Waals surface area contributed by atoms with Gasteiger partial charge in [0.15, 0.2) is 0 Å². The minimum Gasteiger partial charge on any atom is -0.408 e. The van der Waals surface area contributed by atoms with Gasteiger partial charge in [-0.2, -0.15) is 0 Å². The van der Waals surface area contributed by atoms with Crippen LogP contribution in [0.25, 0.3) is 0 Å². The summed E-state index contributed by atoms with van der Waals surface area (Å²) in [5.41, 5.74) is 0.375. The summed E-state index contributed by atoms with van der Waals surface area (Å²) in [5, 5.41) is 7.95. The predicted octanol–water partition coefficient (Wildman–Crippen LogP) is 1.73. The Labute approximate surface area is 127 Å². The highest BCUT2D eigenvalue weighted by Crippen LogP contribution is 2.16. The van der Waals surface area contributed by atoms with E-state index in [4.69, 9.17) is 4.42 Å². The van der Waals surface area contributed by atoms with E-state index < -0.39 is 5.82 Å². The average Bonchev–Trinajstić information content (AvgIpc) is 3.03. The summed E-state index contributed by atoms with van der Waals surface area (Å²) in [6, 6.07) is 6.26. The van der Waals surface area contributed by atoms with E-state index in [0.29, 0.717) is 50.1 Å². The zero-order chi connectivity index (χ0) is 15.5. The van der Waals surface area contributed by atoms with E-state index in [0.717, 1.165) is 0 Å². The van der Waals surface area contributed by atoms with Gasteiger partial charge in [0, 0.05) is 38.2 Å². The third-order valence-corrected chi connectivity index (χ3v) is 3.67. The summed E-state index contributed by atoms with van der Waals surface area (Å²) in [6.45, 7) is 4.27. The van der Waals surface area contributed by atoms with E-state index in [1.807, 2.05) is 11.8 Å².